The summed E-state index contributed by atoms with van der Waals surface area (Å²) < 4.78 is 0. The fourth-order valence-corrected chi connectivity index (χ4v) is 0.104. The lowest BCUT2D eigenvalue weighted by Crippen LogP contribution is -2.26. The molecule has 5 nitrogen and oxygen atoms in total. The minimum Gasteiger partial charge on any atom is -0.474 e. The minimum atomic E-state index is -1.66. The van der Waals surface area contributed by atoms with Crippen molar-refractivity contribution in [3.05, 3.63) is 0 Å². The number of hydrogen-bond acceptors (Lipinski definition) is 3. The Morgan fingerprint density at radius 3 is 2.25 bits per heavy atom. The van der Waals surface area contributed by atoms with E-state index >= 15 is 0 Å². The summed E-state index contributed by atoms with van der Waals surface area (Å²) in [6.07, 6.45) is 1.17. The zero-order valence-electron chi connectivity index (χ0n) is 3.71. The summed E-state index contributed by atoms with van der Waals surface area (Å²) in [6, 6.07) is 0. The number of carbonyl (C=O) groups excluding carboxylic acids is 1. The van der Waals surface area contributed by atoms with Gasteiger partial charge in [0.1, 0.15) is 0 Å². The molecule has 0 heterocycles. The van der Waals surface area contributed by atoms with E-state index in [1.54, 1.807) is 0 Å². The van der Waals surface area contributed by atoms with Crippen LogP contribution in [-0.2, 0) is 9.59 Å². The number of nitrogens with one attached hydrogen (secondary N) is 1. The molecule has 0 bridgehead atoms. The fourth-order valence-electron chi connectivity index (χ4n) is 0.104. The van der Waals surface area contributed by atoms with Gasteiger partial charge in [-0.1, -0.05) is 0 Å². The molecule has 0 aliphatic rings. The number of carbonyl (C=O) groups is 2. The molecule has 5 heteroatoms. The lowest BCUT2D eigenvalue weighted by atomic mass is 10.6. The van der Waals surface area contributed by atoms with Gasteiger partial charge in [-0.3, -0.25) is 10.1 Å². The topological polar surface area (TPSA) is 90.2 Å². The SMILES string of the molecule is N#CNC(=O)C(=O)O. The fraction of sp³-hybridized carbons (Fsp3) is 0. The lowest BCUT2D eigenvalue weighted by Gasteiger charge is -1.82. The summed E-state index contributed by atoms with van der Waals surface area (Å²) in [5.74, 6) is -2.97. The van der Waals surface area contributed by atoms with Gasteiger partial charge in [-0.15, -0.1) is 0 Å². The summed E-state index contributed by atoms with van der Waals surface area (Å²) in [7, 11) is 0. The number of nitriles is 1. The van der Waals surface area contributed by atoms with Gasteiger partial charge in [0.25, 0.3) is 0 Å². The molecule has 0 aliphatic heterocycles. The summed E-state index contributed by atoms with van der Waals surface area (Å²) in [6.45, 7) is 0. The van der Waals surface area contributed by atoms with E-state index < -0.39 is 11.9 Å². The maximum absolute atomic E-state index is 9.81. The number of amides is 1. The van der Waals surface area contributed by atoms with Crippen molar-refractivity contribution in [3.8, 4) is 6.19 Å². The quantitative estimate of drug-likeness (QED) is 0.232. The average molecular weight is 114 g/mol. The zero-order valence-corrected chi connectivity index (χ0v) is 3.71. The molecule has 1 amide bonds. The van der Waals surface area contributed by atoms with Crippen LogP contribution in [0.25, 0.3) is 0 Å². The zero-order chi connectivity index (χ0) is 6.57. The normalized spacial score (nSPS) is 6.88. The second kappa shape index (κ2) is 2.58. The van der Waals surface area contributed by atoms with Crippen molar-refractivity contribution in [1.82, 2.24) is 5.32 Å². The molecule has 0 saturated carbocycles. The van der Waals surface area contributed by atoms with Crippen molar-refractivity contribution in [2.75, 3.05) is 0 Å². The number of carboxylic acid groups (broad SMARTS) is 1. The van der Waals surface area contributed by atoms with Crippen LogP contribution in [-0.4, -0.2) is 17.0 Å². The summed E-state index contributed by atoms with van der Waals surface area (Å²) >= 11 is 0. The highest BCUT2D eigenvalue weighted by Gasteiger charge is 2.07. The second-order valence-corrected chi connectivity index (χ2v) is 0.871. The van der Waals surface area contributed by atoms with Crippen molar-refractivity contribution in [1.29, 1.82) is 5.26 Å². The first-order valence-electron chi connectivity index (χ1n) is 1.61. The van der Waals surface area contributed by atoms with E-state index in [0.717, 1.165) is 0 Å². The molecule has 0 unspecified atom stereocenters. The molecule has 0 fully saturated rings. The van der Waals surface area contributed by atoms with Crippen molar-refractivity contribution < 1.29 is 14.7 Å². The largest absolute Gasteiger partial charge is 0.474 e. The molecule has 8 heavy (non-hydrogen) atoms. The van der Waals surface area contributed by atoms with E-state index in [4.69, 9.17) is 10.4 Å². The predicted molar refractivity (Wildman–Crippen MR) is 21.4 cm³/mol. The predicted octanol–water partition coefficient (Wildman–Crippen LogP) is -1.33. The molecule has 0 spiro atoms. The molecule has 42 valence electrons. The van der Waals surface area contributed by atoms with Gasteiger partial charge in [0.05, 0.1) is 0 Å². The third-order valence-electron chi connectivity index (χ3n) is 0.364. The minimum absolute atomic E-state index is 1.17. The van der Waals surface area contributed by atoms with Gasteiger partial charge in [-0.25, -0.2) is 4.79 Å². The third-order valence-corrected chi connectivity index (χ3v) is 0.364. The van der Waals surface area contributed by atoms with Crippen LogP contribution in [0.3, 0.4) is 0 Å². The van der Waals surface area contributed by atoms with Crippen molar-refractivity contribution in [3.63, 3.8) is 0 Å². The molecule has 0 aromatic rings. The molecule has 0 radical (unpaired) electrons. The Labute approximate surface area is 44.5 Å². The molecule has 0 saturated heterocycles. The second-order valence-electron chi connectivity index (χ2n) is 0.871. The van der Waals surface area contributed by atoms with Gasteiger partial charge in [0, 0.05) is 0 Å². The Morgan fingerprint density at radius 2 is 2.12 bits per heavy atom. The van der Waals surface area contributed by atoms with E-state index in [9.17, 15) is 9.59 Å². The van der Waals surface area contributed by atoms with E-state index in [-0.39, 0.29) is 0 Å². The maximum Gasteiger partial charge on any atom is 0.395 e. The smallest absolute Gasteiger partial charge is 0.395 e. The van der Waals surface area contributed by atoms with Crippen LogP contribution in [0.2, 0.25) is 0 Å². The summed E-state index contributed by atoms with van der Waals surface area (Å²) in [4.78, 5) is 19.3. The molecule has 0 aliphatic carbocycles. The molecular formula is C3H2N2O3. The molecule has 0 rings (SSSR count). The van der Waals surface area contributed by atoms with Gasteiger partial charge in [0.15, 0.2) is 6.19 Å². The molecule has 2 N–H and O–H groups in total. The Bertz CT molecular complexity index is 156. The summed E-state index contributed by atoms with van der Waals surface area (Å²) in [5.41, 5.74) is 0. The van der Waals surface area contributed by atoms with E-state index in [0.29, 0.717) is 0 Å². The van der Waals surface area contributed by atoms with Crippen LogP contribution < -0.4 is 5.32 Å². The monoisotopic (exact) mass is 114 g/mol. The van der Waals surface area contributed by atoms with Crippen LogP contribution in [0, 0.1) is 11.5 Å². The lowest BCUT2D eigenvalue weighted by molar-refractivity contribution is -0.149. The third kappa shape index (κ3) is 1.77. The number of hydrogen-bond donors (Lipinski definition) is 2. The molecular weight excluding hydrogens is 112 g/mol. The number of nitrogens with zero attached hydrogens (tertiary/aromatic N) is 1. The first-order valence-corrected chi connectivity index (χ1v) is 1.61. The Kier molecular flexibility index (Phi) is 2.07. The molecule has 0 aromatic heterocycles. The Morgan fingerprint density at radius 1 is 1.62 bits per heavy atom. The van der Waals surface area contributed by atoms with Gasteiger partial charge in [-0.2, -0.15) is 5.26 Å². The van der Waals surface area contributed by atoms with Crippen molar-refractivity contribution in [2.24, 2.45) is 0 Å². The van der Waals surface area contributed by atoms with Crippen LogP contribution in [0.1, 0.15) is 0 Å². The Hall–Kier alpha value is -1.57. The highest BCUT2D eigenvalue weighted by atomic mass is 16.4. The van der Waals surface area contributed by atoms with Gasteiger partial charge >= 0.3 is 11.9 Å². The number of aliphatic carboxylic acids is 1. The van der Waals surface area contributed by atoms with E-state index in [1.807, 2.05) is 0 Å². The van der Waals surface area contributed by atoms with Crippen molar-refractivity contribution >= 4 is 11.9 Å². The molecule has 0 atom stereocenters. The number of carboxylic acids is 1. The highest BCUT2D eigenvalue weighted by Crippen LogP contribution is 1.60. The summed E-state index contributed by atoms with van der Waals surface area (Å²) in [5, 5.41) is 16.8. The highest BCUT2D eigenvalue weighted by molar-refractivity contribution is 6.31. The van der Waals surface area contributed by atoms with E-state index in [1.165, 1.54) is 11.5 Å². The first kappa shape index (κ1) is 6.43. The van der Waals surface area contributed by atoms with Gasteiger partial charge in [0.2, 0.25) is 0 Å². The van der Waals surface area contributed by atoms with Crippen LogP contribution in [0.15, 0.2) is 0 Å². The standard InChI is InChI=1S/C3H2N2O3/c4-1-5-2(6)3(7)8/h(H,5,6)(H,7,8). The first-order chi connectivity index (χ1) is 3.68. The Balaban J connectivity index is 3.71. The van der Waals surface area contributed by atoms with Crippen LogP contribution >= 0.6 is 0 Å². The van der Waals surface area contributed by atoms with E-state index in [2.05, 4.69) is 0 Å². The van der Waals surface area contributed by atoms with Gasteiger partial charge in [-0.05, 0) is 0 Å². The maximum atomic E-state index is 9.81. The van der Waals surface area contributed by atoms with Crippen LogP contribution in [0.5, 0.6) is 0 Å². The molecule has 0 aromatic carbocycles. The van der Waals surface area contributed by atoms with Crippen LogP contribution in [0.4, 0.5) is 0 Å². The average Bonchev–Trinajstić information content (AvgIpc) is 1.67. The van der Waals surface area contributed by atoms with Gasteiger partial charge < -0.3 is 5.11 Å². The number of rotatable bonds is 0. The van der Waals surface area contributed by atoms with Crippen molar-refractivity contribution in [2.45, 2.75) is 0 Å².